The van der Waals surface area contributed by atoms with E-state index in [-0.39, 0.29) is 7.43 Å². The fraction of sp³-hybridized carbons (Fsp3) is 0.432. The van der Waals surface area contributed by atoms with Gasteiger partial charge < -0.3 is 38.1 Å². The summed E-state index contributed by atoms with van der Waals surface area (Å²) in [6, 6.07) is 28.0. The summed E-state index contributed by atoms with van der Waals surface area (Å²) in [6.45, 7) is 15.7. The molecule has 10 nitrogen and oxygen atoms in total. The molecule has 0 fully saturated rings. The molecule has 2 heterocycles. The predicted molar refractivity (Wildman–Crippen MR) is 218 cm³/mol. The average molecular weight is 743 g/mol. The summed E-state index contributed by atoms with van der Waals surface area (Å²) in [6.07, 6.45) is 1.64. The van der Waals surface area contributed by atoms with Gasteiger partial charge in [0.2, 0.25) is 0 Å². The molecule has 6 aromatic rings. The van der Waals surface area contributed by atoms with E-state index in [4.69, 9.17) is 33.2 Å². The van der Waals surface area contributed by atoms with Gasteiger partial charge in [-0.15, -0.1) is 0 Å². The maximum atomic E-state index is 12.9. The molecule has 0 aliphatic rings. The zero-order valence-electron chi connectivity index (χ0n) is 31.8. The number of aromatic nitrogens is 2. The third-order valence-electron chi connectivity index (χ3n) is 8.13. The summed E-state index contributed by atoms with van der Waals surface area (Å²) in [5, 5.41) is 4.44. The molecule has 0 saturated carbocycles. The summed E-state index contributed by atoms with van der Waals surface area (Å²) in [7, 11) is 0. The Labute approximate surface area is 319 Å². The van der Waals surface area contributed by atoms with E-state index < -0.39 is 11.7 Å². The maximum Gasteiger partial charge on any atom is 0.419 e. The van der Waals surface area contributed by atoms with Crippen molar-refractivity contribution in [2.24, 2.45) is 0 Å². The third-order valence-corrected chi connectivity index (χ3v) is 8.13. The number of H-pyrrole nitrogens is 1. The van der Waals surface area contributed by atoms with Crippen LogP contribution >= 0.6 is 0 Å². The van der Waals surface area contributed by atoms with E-state index in [1.807, 2.05) is 81.4 Å². The number of hydrogen-bond donors (Lipinski definition) is 1. The topological polar surface area (TPSA) is 102 Å². The molecule has 0 aliphatic carbocycles. The van der Waals surface area contributed by atoms with Crippen LogP contribution in [-0.4, -0.2) is 87.3 Å². The Balaban J connectivity index is 0.000000244. The summed E-state index contributed by atoms with van der Waals surface area (Å²) in [4.78, 5) is 16.4. The van der Waals surface area contributed by atoms with Gasteiger partial charge in [-0.3, -0.25) is 0 Å². The molecule has 0 atom stereocenters. The minimum Gasteiger partial charge on any atom is -0.491 e. The number of nitrogens with zero attached hydrogens (tertiary/aromatic N) is 1. The van der Waals surface area contributed by atoms with E-state index in [9.17, 15) is 4.79 Å². The Bertz CT molecular complexity index is 2030. The number of benzene rings is 4. The molecule has 0 amide bonds. The van der Waals surface area contributed by atoms with Gasteiger partial charge in [-0.05, 0) is 70.0 Å². The lowest BCUT2D eigenvalue weighted by Gasteiger charge is -2.20. The number of fused-ring (bicyclic) bond motifs is 6. The number of carbonyl (C=O) groups is 1. The molecule has 4 aromatic carbocycles. The first-order chi connectivity index (χ1) is 25.8. The first-order valence-corrected chi connectivity index (χ1v) is 18.6. The molecule has 292 valence electrons. The summed E-state index contributed by atoms with van der Waals surface area (Å²) in [5.41, 5.74) is 3.24. The molecule has 0 bridgehead atoms. The second kappa shape index (κ2) is 21.3. The number of ether oxygens (including phenoxy) is 7. The highest BCUT2D eigenvalue weighted by atomic mass is 16.6. The lowest BCUT2D eigenvalue weighted by atomic mass is 10.1. The second-order valence-corrected chi connectivity index (χ2v) is 13.5. The van der Waals surface area contributed by atoms with E-state index >= 15 is 0 Å². The molecule has 10 heteroatoms. The van der Waals surface area contributed by atoms with Gasteiger partial charge in [-0.25, -0.2) is 9.36 Å². The van der Waals surface area contributed by atoms with Gasteiger partial charge >= 0.3 is 6.09 Å². The lowest BCUT2D eigenvalue weighted by Crippen LogP contribution is -2.27. The molecule has 0 unspecified atom stereocenters. The molecule has 1 N–H and O–H groups in total. The van der Waals surface area contributed by atoms with E-state index in [0.717, 1.165) is 64.6 Å². The fourth-order valence-electron chi connectivity index (χ4n) is 5.84. The number of carbonyl (C=O) groups excluding carboxylic acids is 1. The number of aromatic amines is 1. The Kier molecular flexibility index (Phi) is 16.6. The first kappa shape index (κ1) is 42.1. The summed E-state index contributed by atoms with van der Waals surface area (Å²) < 4.78 is 40.6. The van der Waals surface area contributed by atoms with Crippen molar-refractivity contribution in [3.05, 3.63) is 84.9 Å². The molecule has 54 heavy (non-hydrogen) atoms. The monoisotopic (exact) mass is 742 g/mol. The van der Waals surface area contributed by atoms with Crippen LogP contribution in [0, 0.1) is 0 Å². The van der Waals surface area contributed by atoms with Crippen molar-refractivity contribution in [1.82, 2.24) is 9.55 Å². The number of para-hydroxylation sites is 2. The van der Waals surface area contributed by atoms with Gasteiger partial charge in [-0.1, -0.05) is 57.7 Å². The standard InChI is InChI=1S/C24H31NO5.C19H23NO3.CH4/c1-5-12-27-13-14-28-15-16-29-18-10-11-20-19-8-6-7-9-21(19)25(22(20)17-18)23(26)30-24(2,3)4;1-2-9-21-10-11-22-12-13-23-15-7-8-17-16-5-3-4-6-18(16)20-19(17)14-15;/h6-11,17H,5,12-16H2,1-4H3;3-8,14,20H,2,9-13H2,1H3;1H4. The minimum atomic E-state index is -0.582. The van der Waals surface area contributed by atoms with Crippen molar-refractivity contribution in [3.63, 3.8) is 0 Å². The van der Waals surface area contributed by atoms with Crippen molar-refractivity contribution in [2.75, 3.05) is 66.1 Å². The van der Waals surface area contributed by atoms with Crippen LogP contribution in [0.1, 0.15) is 54.9 Å². The van der Waals surface area contributed by atoms with Crippen molar-refractivity contribution in [2.45, 2.75) is 60.5 Å². The zero-order valence-corrected chi connectivity index (χ0v) is 31.8. The molecular weight excluding hydrogens is 684 g/mol. The van der Waals surface area contributed by atoms with Gasteiger partial charge in [0.15, 0.2) is 0 Å². The van der Waals surface area contributed by atoms with Crippen LogP contribution in [0.3, 0.4) is 0 Å². The quantitative estimate of drug-likeness (QED) is 0.0869. The SMILES string of the molecule is C.CCCOCCOCCOc1ccc2c(c1)[nH]c1ccccc12.CCCOCCOCCOc1ccc2c3ccccc3n(C(=O)OC(C)(C)C)c2c1. The van der Waals surface area contributed by atoms with E-state index in [2.05, 4.69) is 43.1 Å². The normalized spacial score (nSPS) is 11.4. The van der Waals surface area contributed by atoms with Crippen LogP contribution in [0.25, 0.3) is 43.6 Å². The van der Waals surface area contributed by atoms with Crippen LogP contribution in [0.15, 0.2) is 84.9 Å². The van der Waals surface area contributed by atoms with Gasteiger partial charge in [0.25, 0.3) is 0 Å². The van der Waals surface area contributed by atoms with Gasteiger partial charge in [0.05, 0.1) is 56.2 Å². The summed E-state index contributed by atoms with van der Waals surface area (Å²) in [5.74, 6) is 1.54. The first-order valence-electron chi connectivity index (χ1n) is 18.6. The minimum absolute atomic E-state index is 0. The van der Waals surface area contributed by atoms with Crippen LogP contribution in [0.5, 0.6) is 11.5 Å². The molecule has 0 spiro atoms. The predicted octanol–water partition coefficient (Wildman–Crippen LogP) is 10.2. The van der Waals surface area contributed by atoms with Crippen LogP contribution in [0.4, 0.5) is 4.79 Å². The average Bonchev–Trinajstić information content (AvgIpc) is 3.68. The highest BCUT2D eigenvalue weighted by Crippen LogP contribution is 2.32. The Morgan fingerprint density at radius 1 is 0.556 bits per heavy atom. The third kappa shape index (κ3) is 11.9. The maximum absolute atomic E-state index is 12.9. The largest absolute Gasteiger partial charge is 0.491 e. The van der Waals surface area contributed by atoms with E-state index in [0.29, 0.717) is 58.6 Å². The van der Waals surface area contributed by atoms with Gasteiger partial charge in [-0.2, -0.15) is 0 Å². The van der Waals surface area contributed by atoms with Gasteiger partial charge in [0.1, 0.15) is 30.3 Å². The number of rotatable bonds is 18. The smallest absolute Gasteiger partial charge is 0.419 e. The van der Waals surface area contributed by atoms with Crippen molar-refractivity contribution >= 4 is 49.7 Å². The summed E-state index contributed by atoms with van der Waals surface area (Å²) >= 11 is 0. The number of nitrogens with one attached hydrogen (secondary N) is 1. The Morgan fingerprint density at radius 3 is 1.65 bits per heavy atom. The lowest BCUT2D eigenvalue weighted by molar-refractivity contribution is 0.0366. The second-order valence-electron chi connectivity index (χ2n) is 13.5. The molecule has 2 aromatic heterocycles. The van der Waals surface area contributed by atoms with Crippen LogP contribution in [-0.2, 0) is 23.7 Å². The van der Waals surface area contributed by atoms with E-state index in [1.165, 1.54) is 10.8 Å². The fourth-order valence-corrected chi connectivity index (χ4v) is 5.84. The molecular formula is C44H58N2O8. The molecule has 0 aliphatic heterocycles. The molecule has 0 radical (unpaired) electrons. The highest BCUT2D eigenvalue weighted by Gasteiger charge is 2.22. The van der Waals surface area contributed by atoms with Gasteiger partial charge in [0, 0.05) is 52.4 Å². The van der Waals surface area contributed by atoms with E-state index in [1.54, 1.807) is 4.57 Å². The van der Waals surface area contributed by atoms with Crippen molar-refractivity contribution in [1.29, 1.82) is 0 Å². The van der Waals surface area contributed by atoms with Crippen molar-refractivity contribution in [3.8, 4) is 11.5 Å². The Hall–Kier alpha value is -4.61. The highest BCUT2D eigenvalue weighted by molar-refractivity contribution is 6.12. The van der Waals surface area contributed by atoms with Crippen LogP contribution < -0.4 is 9.47 Å². The Morgan fingerprint density at radius 2 is 1.04 bits per heavy atom. The zero-order chi connectivity index (χ0) is 37.5. The van der Waals surface area contributed by atoms with Crippen LogP contribution in [0.2, 0.25) is 0 Å². The van der Waals surface area contributed by atoms with Crippen molar-refractivity contribution < 1.29 is 38.0 Å². The number of hydrogen-bond acceptors (Lipinski definition) is 8. The molecule has 6 rings (SSSR count). The molecule has 0 saturated heterocycles.